The minimum atomic E-state index is -4.00. The first-order valence-electron chi connectivity index (χ1n) is 20.2. The highest BCUT2D eigenvalue weighted by molar-refractivity contribution is 7.50. The van der Waals surface area contributed by atoms with Crippen LogP contribution in [-0.4, -0.2) is 62.3 Å². The van der Waals surface area contributed by atoms with Gasteiger partial charge in [0.1, 0.15) is 30.8 Å². The van der Waals surface area contributed by atoms with E-state index >= 15 is 0 Å². The van der Waals surface area contributed by atoms with Crippen LogP contribution in [0.25, 0.3) is 33.4 Å². The van der Waals surface area contributed by atoms with Crippen LogP contribution < -0.4 is 15.2 Å². The van der Waals surface area contributed by atoms with Gasteiger partial charge < -0.3 is 47.3 Å². The fourth-order valence-corrected chi connectivity index (χ4v) is 7.57. The average Bonchev–Trinajstić information content (AvgIpc) is 3.18. The van der Waals surface area contributed by atoms with Gasteiger partial charge in [-0.3, -0.25) is 14.2 Å². The number of benzene rings is 3. The molecule has 1 aliphatic carbocycles. The SMILES string of the molecule is CCCCCCCCCCCCCOP(=O)([O-])OC.Cc1ccc(C(=O)CCCCOCC(CO)OP(C)(=O)[O-])cc1-c1c2ccc(=O)cc-2oc2cc(O)ccc12. The van der Waals surface area contributed by atoms with Crippen molar-refractivity contribution < 1.29 is 56.6 Å². The number of carbonyl (C=O) groups excluding carboxylic acids is 1. The molecule has 1 heterocycles. The molecule has 0 spiro atoms. The molecule has 0 aromatic heterocycles. The molecule has 0 fully saturated rings. The summed E-state index contributed by atoms with van der Waals surface area (Å²) in [5.41, 5.74) is 4.05. The summed E-state index contributed by atoms with van der Waals surface area (Å²) < 4.78 is 47.0. The minimum Gasteiger partial charge on any atom is -0.779 e. The van der Waals surface area contributed by atoms with Gasteiger partial charge in [-0.2, -0.15) is 0 Å². The normalized spacial score (nSPS) is 14.1. The third kappa shape index (κ3) is 17.6. The molecule has 3 unspecified atom stereocenters. The second-order valence-electron chi connectivity index (χ2n) is 14.5. The molecule has 2 aliphatic rings. The van der Waals surface area contributed by atoms with Crippen molar-refractivity contribution in [3.05, 3.63) is 75.9 Å². The van der Waals surface area contributed by atoms with Gasteiger partial charge in [0.2, 0.25) is 0 Å². The van der Waals surface area contributed by atoms with Crippen LogP contribution in [0, 0.1) is 6.92 Å². The molecule has 13 nitrogen and oxygen atoms in total. The zero-order chi connectivity index (χ0) is 42.6. The van der Waals surface area contributed by atoms with Crippen LogP contribution in [0.5, 0.6) is 5.75 Å². The number of ether oxygens (including phenoxy) is 1. The van der Waals surface area contributed by atoms with Crippen molar-refractivity contribution >= 4 is 32.2 Å². The van der Waals surface area contributed by atoms with Crippen molar-refractivity contribution in [2.45, 2.75) is 110 Å². The highest BCUT2D eigenvalue weighted by atomic mass is 31.2. The summed E-state index contributed by atoms with van der Waals surface area (Å²) >= 11 is 0. The van der Waals surface area contributed by atoms with Gasteiger partial charge in [0.25, 0.3) is 7.82 Å². The number of phosphoric acid groups is 1. The zero-order valence-electron chi connectivity index (χ0n) is 34.3. The Morgan fingerprint density at radius 2 is 1.48 bits per heavy atom. The van der Waals surface area contributed by atoms with Crippen molar-refractivity contribution in [2.24, 2.45) is 0 Å². The molecule has 2 aromatic rings. The van der Waals surface area contributed by atoms with E-state index in [0.717, 1.165) is 60.7 Å². The van der Waals surface area contributed by atoms with Crippen molar-refractivity contribution in [3.63, 3.8) is 0 Å². The summed E-state index contributed by atoms with van der Waals surface area (Å²) in [5.74, 6) is 0.381. The quantitative estimate of drug-likeness (QED) is 0.0262. The van der Waals surface area contributed by atoms with Gasteiger partial charge in [0.05, 0.1) is 19.8 Å². The smallest absolute Gasteiger partial charge is 0.267 e. The monoisotopic (exact) mass is 846 g/mol. The molecule has 1 aliphatic heterocycles. The molecular weight excluding hydrogens is 786 g/mol. The van der Waals surface area contributed by atoms with Crippen LogP contribution in [0.2, 0.25) is 0 Å². The number of Topliss-reactive ketones (excluding diaryl/α,β-unsaturated/α-hetero) is 1. The third-order valence-electron chi connectivity index (χ3n) is 9.52. The Morgan fingerprint density at radius 1 is 0.828 bits per heavy atom. The van der Waals surface area contributed by atoms with E-state index in [1.165, 1.54) is 69.6 Å². The third-order valence-corrected chi connectivity index (χ3v) is 11.1. The number of rotatable bonds is 26. The number of hydrogen-bond acceptors (Lipinski definition) is 13. The lowest BCUT2D eigenvalue weighted by molar-refractivity contribution is -0.223. The summed E-state index contributed by atoms with van der Waals surface area (Å²) in [4.78, 5) is 47.1. The Balaban J connectivity index is 0.000000401. The van der Waals surface area contributed by atoms with Gasteiger partial charge in [0.15, 0.2) is 11.2 Å². The summed E-state index contributed by atoms with van der Waals surface area (Å²) in [6.45, 7) is 5.10. The number of hydrogen-bond donors (Lipinski definition) is 2. The van der Waals surface area contributed by atoms with Crippen LogP contribution >= 0.6 is 15.4 Å². The maximum absolute atomic E-state index is 13.0. The molecule has 2 aromatic carbocycles. The molecule has 3 atom stereocenters. The van der Waals surface area contributed by atoms with Crippen molar-refractivity contribution in [1.82, 2.24) is 0 Å². The number of fused-ring (bicyclic) bond motifs is 2. The molecule has 0 saturated carbocycles. The first kappa shape index (κ1) is 49.1. The number of aliphatic hydroxyl groups is 1. The number of phenols is 1. The van der Waals surface area contributed by atoms with Crippen molar-refractivity contribution in [3.8, 4) is 28.2 Å². The Kier molecular flexibility index (Phi) is 21.5. The van der Waals surface area contributed by atoms with Crippen LogP contribution in [0.15, 0.2) is 63.8 Å². The van der Waals surface area contributed by atoms with Crippen LogP contribution in [-0.2, 0) is 27.4 Å². The molecule has 0 bridgehead atoms. The number of aryl methyl sites for hydroxylation is 1. The molecule has 322 valence electrons. The van der Waals surface area contributed by atoms with Gasteiger partial charge >= 0.3 is 0 Å². The Labute approximate surface area is 342 Å². The Hall–Kier alpha value is -3.22. The highest BCUT2D eigenvalue weighted by Crippen LogP contribution is 2.42. The van der Waals surface area contributed by atoms with E-state index < -0.39 is 28.1 Å². The van der Waals surface area contributed by atoms with E-state index in [4.69, 9.17) is 13.7 Å². The number of ketones is 1. The maximum Gasteiger partial charge on any atom is 0.267 e. The first-order chi connectivity index (χ1) is 27.7. The minimum absolute atomic E-state index is 0.0367. The summed E-state index contributed by atoms with van der Waals surface area (Å²) in [5, 5.41) is 20.0. The van der Waals surface area contributed by atoms with Crippen LogP contribution in [0.4, 0.5) is 0 Å². The van der Waals surface area contributed by atoms with Crippen molar-refractivity contribution in [2.75, 3.05) is 40.2 Å². The summed E-state index contributed by atoms with van der Waals surface area (Å²) in [6.07, 6.45) is 14.1. The topological polar surface area (TPSA) is 205 Å². The van der Waals surface area contributed by atoms with Crippen LogP contribution in [0.3, 0.4) is 0 Å². The number of unbranched alkanes of at least 4 members (excludes halogenated alkanes) is 11. The molecule has 0 saturated heterocycles. The fraction of sp³-hybridized carbons (Fsp3) is 0.535. The number of aromatic hydroxyl groups is 1. The van der Waals surface area contributed by atoms with Gasteiger partial charge in [-0.25, -0.2) is 0 Å². The summed E-state index contributed by atoms with van der Waals surface area (Å²) in [6, 6.07) is 14.9. The molecule has 15 heteroatoms. The fourth-order valence-electron chi connectivity index (χ4n) is 6.45. The van der Waals surface area contributed by atoms with E-state index in [0.29, 0.717) is 36.4 Å². The lowest BCUT2D eigenvalue weighted by Crippen LogP contribution is -2.25. The van der Waals surface area contributed by atoms with Gasteiger partial charge in [-0.05, 0) is 67.6 Å². The zero-order valence-corrected chi connectivity index (χ0v) is 36.1. The molecule has 0 amide bonds. The largest absolute Gasteiger partial charge is 0.779 e. The molecular formula is C43H60O13P2-2. The first-order valence-corrected chi connectivity index (χ1v) is 23.6. The van der Waals surface area contributed by atoms with E-state index in [1.807, 2.05) is 19.1 Å². The second kappa shape index (κ2) is 25.4. The van der Waals surface area contributed by atoms with Gasteiger partial charge in [-0.1, -0.05) is 83.3 Å². The molecule has 2 N–H and O–H groups in total. The lowest BCUT2D eigenvalue weighted by Gasteiger charge is -2.24. The Morgan fingerprint density at radius 3 is 2.12 bits per heavy atom. The van der Waals surface area contributed by atoms with E-state index in [1.54, 1.807) is 24.3 Å². The predicted octanol–water partition coefficient (Wildman–Crippen LogP) is 8.94. The molecule has 0 radical (unpaired) electrons. The van der Waals surface area contributed by atoms with E-state index in [-0.39, 0.29) is 36.6 Å². The molecule has 58 heavy (non-hydrogen) atoms. The average molecular weight is 847 g/mol. The van der Waals surface area contributed by atoms with E-state index in [2.05, 4.69) is 16.0 Å². The number of carbonyl (C=O) groups is 1. The number of phosphoric ester groups is 1. The second-order valence-corrected chi connectivity index (χ2v) is 17.8. The molecule has 4 rings (SSSR count). The highest BCUT2D eigenvalue weighted by Gasteiger charge is 2.20. The maximum atomic E-state index is 13.0. The van der Waals surface area contributed by atoms with Gasteiger partial charge in [-0.15, -0.1) is 0 Å². The number of phenolic OH excluding ortho intramolecular Hbond substituents is 1. The number of aliphatic hydroxyl groups excluding tert-OH is 1. The van der Waals surface area contributed by atoms with E-state index in [9.17, 15) is 38.7 Å². The van der Waals surface area contributed by atoms with Crippen LogP contribution in [0.1, 0.15) is 113 Å². The standard InChI is InChI=1S/C29H31O9P.C14H31O4P/c1-18-6-7-19(26(33)5-3-4-12-36-17-22(16-30)38-39(2,34)35)13-25(18)29-23-10-8-20(31)14-27(23)37-28-15-21(32)9-11-24(28)29;1-3-4-5-6-7-8-9-10-11-12-13-14-18-19(15,16)17-2/h6-11,13-15,22,30-31H,3-5,12,16-17H2,1-2H3,(H,34,35);3-14H2,1-2H3,(H,15,16)/p-2. The van der Waals surface area contributed by atoms with Crippen molar-refractivity contribution in [1.29, 1.82) is 0 Å². The lowest BCUT2D eigenvalue weighted by atomic mass is 9.89. The van der Waals surface area contributed by atoms with Gasteiger partial charge in [0, 0.05) is 61.0 Å². The Bertz CT molecular complexity index is 1970. The summed E-state index contributed by atoms with van der Waals surface area (Å²) in [7, 11) is -6.86. The predicted molar refractivity (Wildman–Crippen MR) is 222 cm³/mol.